The number of hydrogen-bond acceptors (Lipinski definition) is 8. The number of alkyl halides is 3. The molecule has 0 saturated carbocycles. The van der Waals surface area contributed by atoms with Crippen molar-refractivity contribution in [1.29, 1.82) is 0 Å². The Morgan fingerprint density at radius 2 is 1.51 bits per heavy atom. The molecule has 0 aliphatic rings. The average Bonchev–Trinajstić information content (AvgIpc) is 3.21. The first kappa shape index (κ1) is 46.4. The third-order valence-electron chi connectivity index (χ3n) is 8.09. The highest BCUT2D eigenvalue weighted by molar-refractivity contribution is 6.35. The Morgan fingerprint density at radius 3 is 2.11 bits per heavy atom. The number of nitrogen functional groups attached to an aromatic ring is 1. The molecule has 6 rings (SSSR count). The number of carbonyl (C=O) groups is 2. The Hall–Kier alpha value is -7.27. The number of carbonyl (C=O) groups excluding carboxylic acids is 2. The Kier molecular flexibility index (Phi) is 16.1. The Morgan fingerprint density at radius 1 is 0.836 bits per heavy atom. The lowest BCUT2D eigenvalue weighted by molar-refractivity contribution is -0.383. The van der Waals surface area contributed by atoms with Crippen molar-refractivity contribution in [2.45, 2.75) is 25.9 Å². The summed E-state index contributed by atoms with van der Waals surface area (Å²) in [5, 5.41) is 15.7. The van der Waals surface area contributed by atoms with E-state index in [0.29, 0.717) is 17.7 Å². The first-order chi connectivity index (χ1) is 28.8. The van der Waals surface area contributed by atoms with E-state index in [1.165, 1.54) is 47.0 Å². The molecule has 4 N–H and O–H groups in total. The van der Waals surface area contributed by atoms with E-state index in [0.717, 1.165) is 36.0 Å². The number of nitro benzene ring substituents is 1. The number of amides is 3. The number of nitro groups is 1. The van der Waals surface area contributed by atoms with Crippen LogP contribution in [0, 0.1) is 21.7 Å². The second-order valence-electron chi connectivity index (χ2n) is 13.1. The summed E-state index contributed by atoms with van der Waals surface area (Å²) >= 11 is 5.94. The zero-order chi connectivity index (χ0) is 44.9. The smallest absolute Gasteiger partial charge is 0.416 e. The van der Waals surface area contributed by atoms with Gasteiger partial charge in [0.1, 0.15) is 45.2 Å². The number of anilines is 3. The molecule has 0 fully saturated rings. The van der Waals surface area contributed by atoms with Gasteiger partial charge in [0.25, 0.3) is 11.6 Å². The Balaban J connectivity index is 0.000000215. The maximum absolute atomic E-state index is 13.7. The third kappa shape index (κ3) is 13.6. The standard InChI is InChI=1S/C19H11F5N2O2.C12H9ClN2O3.C12H18N2O/c20-12-6-7-16(15(21)10-12)26-17(27)14-5-2-8-25-18(14)28-13-4-1-3-11(9-13)19(22,23)24;13-11-10(18-8-4-2-1-3-5-8)7-6-9(12(11)14)15(16)17;1-9(2)10-5-7-11(8-6-10)13-12(15)14(3)4/h1-10H,(H,26,27);1-7H,14H2;5-9H,1-4H3,(H,13,15). The van der Waals surface area contributed by atoms with Crippen molar-refractivity contribution in [2.75, 3.05) is 30.5 Å². The minimum atomic E-state index is -4.57. The van der Waals surface area contributed by atoms with Crippen LogP contribution in [-0.4, -0.2) is 40.8 Å². The molecule has 1 heterocycles. The van der Waals surface area contributed by atoms with Crippen molar-refractivity contribution in [1.82, 2.24) is 9.88 Å². The van der Waals surface area contributed by atoms with Crippen molar-refractivity contribution in [3.63, 3.8) is 0 Å². The number of hydrogen-bond donors (Lipinski definition) is 3. The second-order valence-corrected chi connectivity index (χ2v) is 13.5. The number of nitrogens with one attached hydrogen (secondary N) is 2. The maximum Gasteiger partial charge on any atom is 0.416 e. The average molecular weight is 865 g/mol. The van der Waals surface area contributed by atoms with Crippen molar-refractivity contribution < 1.29 is 45.9 Å². The van der Waals surface area contributed by atoms with Crippen LogP contribution >= 0.6 is 11.6 Å². The van der Waals surface area contributed by atoms with Gasteiger partial charge in [-0.3, -0.25) is 14.9 Å². The van der Waals surface area contributed by atoms with Gasteiger partial charge < -0.3 is 30.7 Å². The molecule has 0 aliphatic carbocycles. The van der Waals surface area contributed by atoms with Gasteiger partial charge in [-0.2, -0.15) is 13.2 Å². The van der Waals surface area contributed by atoms with E-state index >= 15 is 0 Å². The number of halogens is 6. The van der Waals surface area contributed by atoms with E-state index in [2.05, 4.69) is 29.5 Å². The van der Waals surface area contributed by atoms with Crippen LogP contribution in [0.15, 0.2) is 128 Å². The van der Waals surface area contributed by atoms with Gasteiger partial charge in [-0.1, -0.05) is 61.8 Å². The van der Waals surface area contributed by atoms with Gasteiger partial charge in [0, 0.05) is 38.1 Å². The molecule has 0 spiro atoms. The van der Waals surface area contributed by atoms with Gasteiger partial charge in [-0.25, -0.2) is 18.6 Å². The summed E-state index contributed by atoms with van der Waals surface area (Å²) in [6, 6.07) is 28.8. The molecule has 5 aromatic carbocycles. The van der Waals surface area contributed by atoms with Gasteiger partial charge >= 0.3 is 12.2 Å². The fraction of sp³-hybridized carbons (Fsp3) is 0.140. The van der Waals surface area contributed by atoms with Crippen LogP contribution in [0.2, 0.25) is 5.02 Å². The number of ether oxygens (including phenoxy) is 2. The molecule has 1 aromatic heterocycles. The number of pyridine rings is 1. The molecule has 6 aromatic rings. The molecule has 0 saturated heterocycles. The van der Waals surface area contributed by atoms with Crippen LogP contribution in [0.5, 0.6) is 23.1 Å². The van der Waals surface area contributed by atoms with Gasteiger partial charge in [0.05, 0.1) is 16.2 Å². The summed E-state index contributed by atoms with van der Waals surface area (Å²) in [5.41, 5.74) is 6.00. The minimum Gasteiger partial charge on any atom is -0.456 e. The van der Waals surface area contributed by atoms with E-state index in [4.69, 9.17) is 26.8 Å². The van der Waals surface area contributed by atoms with Crippen LogP contribution in [0.4, 0.5) is 49.5 Å². The van der Waals surface area contributed by atoms with Crippen LogP contribution in [0.25, 0.3) is 0 Å². The van der Waals surface area contributed by atoms with Crippen molar-refractivity contribution in [3.05, 3.63) is 171 Å². The van der Waals surface area contributed by atoms with Crippen LogP contribution < -0.4 is 25.8 Å². The highest BCUT2D eigenvalue weighted by atomic mass is 35.5. The minimum absolute atomic E-state index is 0.0352. The van der Waals surface area contributed by atoms with Crippen LogP contribution in [0.1, 0.15) is 41.3 Å². The monoisotopic (exact) mass is 864 g/mol. The summed E-state index contributed by atoms with van der Waals surface area (Å²) in [7, 11) is 3.44. The quantitative estimate of drug-likeness (QED) is 0.0560. The number of aromatic nitrogens is 1. The molecule has 0 aliphatic heterocycles. The molecule has 0 radical (unpaired) electrons. The predicted octanol–water partition coefficient (Wildman–Crippen LogP) is 11.9. The van der Waals surface area contributed by atoms with Crippen molar-refractivity contribution in [3.8, 4) is 23.1 Å². The lowest BCUT2D eigenvalue weighted by Gasteiger charge is -2.12. The number of rotatable bonds is 9. The van der Waals surface area contributed by atoms with Crippen molar-refractivity contribution >= 4 is 46.3 Å². The van der Waals surface area contributed by atoms with E-state index in [1.807, 2.05) is 30.3 Å². The molecule has 0 atom stereocenters. The first-order valence-corrected chi connectivity index (χ1v) is 18.3. The zero-order valence-electron chi connectivity index (χ0n) is 32.8. The number of para-hydroxylation sites is 1. The number of urea groups is 1. The normalized spacial score (nSPS) is 10.6. The largest absolute Gasteiger partial charge is 0.456 e. The molecule has 318 valence electrons. The molecule has 3 amide bonds. The van der Waals surface area contributed by atoms with Gasteiger partial charge in [0.15, 0.2) is 0 Å². The van der Waals surface area contributed by atoms with E-state index in [-0.39, 0.29) is 51.1 Å². The van der Waals surface area contributed by atoms with Crippen molar-refractivity contribution in [2.24, 2.45) is 0 Å². The topological polar surface area (TPSA) is 162 Å². The van der Waals surface area contributed by atoms with E-state index in [9.17, 15) is 41.7 Å². The van der Waals surface area contributed by atoms with Gasteiger partial charge in [-0.15, -0.1) is 0 Å². The number of nitrogens with zero attached hydrogens (tertiary/aromatic N) is 3. The van der Waals surface area contributed by atoms with E-state index < -0.39 is 34.2 Å². The SMILES string of the molecule is CC(C)c1ccc(NC(=O)N(C)C)cc1.Nc1c([N+](=O)[O-])ccc(Oc2ccccc2)c1Cl.O=C(Nc1ccc(F)cc1F)c1cccnc1Oc1cccc(C(F)(F)F)c1. The van der Waals surface area contributed by atoms with Crippen LogP contribution in [-0.2, 0) is 6.18 Å². The zero-order valence-corrected chi connectivity index (χ0v) is 33.6. The molecule has 0 bridgehead atoms. The maximum atomic E-state index is 13.7. The Labute approximate surface area is 351 Å². The third-order valence-corrected chi connectivity index (χ3v) is 8.48. The predicted molar refractivity (Wildman–Crippen MR) is 222 cm³/mol. The lowest BCUT2D eigenvalue weighted by Crippen LogP contribution is -2.27. The fourth-order valence-corrected chi connectivity index (χ4v) is 5.07. The van der Waals surface area contributed by atoms with E-state index in [1.54, 1.807) is 38.4 Å². The summed E-state index contributed by atoms with van der Waals surface area (Å²) < 4.78 is 76.0. The van der Waals surface area contributed by atoms with Gasteiger partial charge in [0.2, 0.25) is 5.88 Å². The fourth-order valence-electron chi connectivity index (χ4n) is 4.88. The lowest BCUT2D eigenvalue weighted by atomic mass is 10.0. The molecule has 0 unspecified atom stereocenters. The number of nitrogens with two attached hydrogens (primary N) is 1. The highest BCUT2D eigenvalue weighted by Gasteiger charge is 2.31. The molecule has 18 heteroatoms. The Bertz CT molecular complexity index is 2460. The summed E-state index contributed by atoms with van der Waals surface area (Å²) in [6.45, 7) is 4.29. The number of benzene rings is 5. The summed E-state index contributed by atoms with van der Waals surface area (Å²) in [4.78, 5) is 39.2. The van der Waals surface area contributed by atoms with Crippen LogP contribution in [0.3, 0.4) is 0 Å². The molecular weight excluding hydrogens is 827 g/mol. The summed E-state index contributed by atoms with van der Waals surface area (Å²) in [5.74, 6) is -1.72. The molecule has 12 nitrogen and oxygen atoms in total. The first-order valence-electron chi connectivity index (χ1n) is 17.9. The van der Waals surface area contributed by atoms with Gasteiger partial charge in [-0.05, 0) is 84.3 Å². The molecule has 61 heavy (non-hydrogen) atoms. The second kappa shape index (κ2) is 21.1. The summed E-state index contributed by atoms with van der Waals surface area (Å²) in [6.07, 6.45) is -3.29. The molecular formula is C43H38ClF5N6O6. The highest BCUT2D eigenvalue weighted by Crippen LogP contribution is 2.39.